The number of halogens is 1. The summed E-state index contributed by atoms with van der Waals surface area (Å²) in [6, 6.07) is 22.6. The van der Waals surface area contributed by atoms with Crippen LogP contribution in [0.5, 0.6) is 17.4 Å². The standard InChI is InChI=1S/C28H17BrN4O4/c1-35-18-12-8-15(9-13-18)21-22-24(19-4-2-3-5-20(19)36-28(22)34)37-27-23(21)26-31-25(32-33(26)14-30-27)16-6-10-17(29)11-7-16/h2-14,21H,1H3. The first-order valence-electron chi connectivity index (χ1n) is 11.5. The van der Waals surface area contributed by atoms with E-state index in [9.17, 15) is 4.79 Å². The van der Waals surface area contributed by atoms with E-state index in [1.54, 1.807) is 24.0 Å². The number of benzene rings is 3. The van der Waals surface area contributed by atoms with Crippen molar-refractivity contribution in [2.24, 2.45) is 0 Å². The summed E-state index contributed by atoms with van der Waals surface area (Å²) in [6.45, 7) is 0. The highest BCUT2D eigenvalue weighted by Gasteiger charge is 2.37. The molecule has 0 saturated carbocycles. The van der Waals surface area contributed by atoms with Crippen LogP contribution in [0.1, 0.15) is 22.6 Å². The van der Waals surface area contributed by atoms with Crippen LogP contribution >= 0.6 is 15.9 Å². The third kappa shape index (κ3) is 3.42. The molecule has 0 spiro atoms. The minimum atomic E-state index is -0.552. The van der Waals surface area contributed by atoms with Gasteiger partial charge in [0.1, 0.15) is 17.7 Å². The highest BCUT2D eigenvalue weighted by molar-refractivity contribution is 9.10. The van der Waals surface area contributed by atoms with Crippen LogP contribution in [0, 0.1) is 0 Å². The molecule has 0 aliphatic carbocycles. The molecule has 37 heavy (non-hydrogen) atoms. The lowest BCUT2D eigenvalue weighted by atomic mass is 9.84. The number of hydrogen-bond acceptors (Lipinski definition) is 7. The third-order valence-electron chi connectivity index (χ3n) is 6.51. The molecule has 6 aromatic rings. The molecule has 9 heteroatoms. The van der Waals surface area contributed by atoms with Crippen molar-refractivity contribution < 1.29 is 13.9 Å². The van der Waals surface area contributed by atoms with Crippen LogP contribution in [0.25, 0.3) is 28.0 Å². The fourth-order valence-corrected chi connectivity index (χ4v) is 5.04. The molecule has 180 valence electrons. The lowest BCUT2D eigenvalue weighted by Crippen LogP contribution is -2.22. The molecule has 0 radical (unpaired) electrons. The monoisotopic (exact) mass is 552 g/mol. The molecule has 8 nitrogen and oxygen atoms in total. The van der Waals surface area contributed by atoms with E-state index < -0.39 is 11.5 Å². The molecule has 1 unspecified atom stereocenters. The highest BCUT2D eigenvalue weighted by Crippen LogP contribution is 2.49. The van der Waals surface area contributed by atoms with Crippen molar-refractivity contribution >= 4 is 32.5 Å². The number of fused-ring (bicyclic) bond motifs is 6. The van der Waals surface area contributed by atoms with E-state index in [4.69, 9.17) is 18.9 Å². The van der Waals surface area contributed by atoms with Crippen molar-refractivity contribution in [3.8, 4) is 28.8 Å². The van der Waals surface area contributed by atoms with Crippen molar-refractivity contribution in [2.45, 2.75) is 5.92 Å². The second-order valence-corrected chi connectivity index (χ2v) is 9.53. The maximum Gasteiger partial charge on any atom is 0.344 e. The fourth-order valence-electron chi connectivity index (χ4n) is 4.78. The Morgan fingerprint density at radius 1 is 0.973 bits per heavy atom. The normalized spacial score (nSPS) is 14.3. The number of rotatable bonds is 3. The topological polar surface area (TPSA) is 91.8 Å². The lowest BCUT2D eigenvalue weighted by Gasteiger charge is -2.27. The third-order valence-corrected chi connectivity index (χ3v) is 7.04. The van der Waals surface area contributed by atoms with Gasteiger partial charge in [-0.25, -0.2) is 19.3 Å². The number of methoxy groups -OCH3 is 1. The van der Waals surface area contributed by atoms with Gasteiger partial charge in [-0.15, -0.1) is 5.10 Å². The van der Waals surface area contributed by atoms with E-state index in [-0.39, 0.29) is 0 Å². The summed E-state index contributed by atoms with van der Waals surface area (Å²) < 4.78 is 20.0. The first kappa shape index (κ1) is 21.8. The summed E-state index contributed by atoms with van der Waals surface area (Å²) in [7, 11) is 1.61. The largest absolute Gasteiger partial charge is 0.497 e. The van der Waals surface area contributed by atoms with E-state index >= 15 is 0 Å². The molecule has 0 fully saturated rings. The molecule has 0 N–H and O–H groups in total. The number of aromatic nitrogens is 4. The van der Waals surface area contributed by atoms with E-state index in [0.29, 0.717) is 50.9 Å². The number of ether oxygens (including phenoxy) is 2. The number of nitrogens with zero attached hydrogens (tertiary/aromatic N) is 4. The SMILES string of the molecule is COc1ccc(C2c3c(c4ccccc4oc3=O)Oc3ncn4nc(-c5ccc(Br)cc5)nc4c32)cc1. The average molecular weight is 553 g/mol. The van der Waals surface area contributed by atoms with Crippen molar-refractivity contribution in [1.29, 1.82) is 0 Å². The Bertz CT molecular complexity index is 1880. The molecule has 3 aromatic heterocycles. The Labute approximate surface area is 218 Å². The molecule has 4 heterocycles. The smallest absolute Gasteiger partial charge is 0.344 e. The summed E-state index contributed by atoms with van der Waals surface area (Å²) in [5.41, 5.74) is 3.24. The Morgan fingerprint density at radius 3 is 2.54 bits per heavy atom. The minimum absolute atomic E-state index is 0.367. The molecule has 1 aliphatic heterocycles. The average Bonchev–Trinajstić information content (AvgIpc) is 3.37. The Balaban J connectivity index is 1.52. The van der Waals surface area contributed by atoms with E-state index in [1.165, 1.54) is 0 Å². The zero-order valence-electron chi connectivity index (χ0n) is 19.4. The second kappa shape index (κ2) is 8.28. The van der Waals surface area contributed by atoms with Gasteiger partial charge in [-0.2, -0.15) is 0 Å². The summed E-state index contributed by atoms with van der Waals surface area (Å²) in [5, 5.41) is 5.35. The molecule has 0 saturated heterocycles. The molecule has 1 aliphatic rings. The Hall–Kier alpha value is -4.50. The molecule has 1 atom stereocenters. The highest BCUT2D eigenvalue weighted by atomic mass is 79.9. The molecular weight excluding hydrogens is 536 g/mol. The molecule has 0 bridgehead atoms. The first-order valence-corrected chi connectivity index (χ1v) is 12.3. The van der Waals surface area contributed by atoms with Crippen molar-refractivity contribution in [3.05, 3.63) is 111 Å². The van der Waals surface area contributed by atoms with Crippen LogP contribution in [-0.4, -0.2) is 26.7 Å². The van der Waals surface area contributed by atoms with Crippen LogP contribution in [0.15, 0.2) is 92.8 Å². The molecule has 7 rings (SSSR count). The molecule has 3 aromatic carbocycles. The Morgan fingerprint density at radius 2 is 1.76 bits per heavy atom. The van der Waals surface area contributed by atoms with Gasteiger partial charge in [0.05, 0.1) is 29.5 Å². The predicted octanol–water partition coefficient (Wildman–Crippen LogP) is 5.95. The van der Waals surface area contributed by atoms with Crippen LogP contribution in [0.3, 0.4) is 0 Å². The summed E-state index contributed by atoms with van der Waals surface area (Å²) >= 11 is 3.47. The van der Waals surface area contributed by atoms with E-state index in [1.807, 2.05) is 66.7 Å². The predicted molar refractivity (Wildman–Crippen MR) is 140 cm³/mol. The maximum atomic E-state index is 13.5. The van der Waals surface area contributed by atoms with E-state index in [2.05, 4.69) is 26.0 Å². The quantitative estimate of drug-likeness (QED) is 0.250. The number of hydrogen-bond donors (Lipinski definition) is 0. The number of para-hydroxylation sites is 1. The van der Waals surface area contributed by atoms with Crippen molar-refractivity contribution in [1.82, 2.24) is 19.6 Å². The zero-order chi connectivity index (χ0) is 25.1. The van der Waals surface area contributed by atoms with E-state index in [0.717, 1.165) is 15.6 Å². The summed E-state index contributed by atoms with van der Waals surface area (Å²) in [6.07, 6.45) is 1.58. The summed E-state index contributed by atoms with van der Waals surface area (Å²) in [5.74, 6) is 1.49. The molecular formula is C28H17BrN4O4. The lowest BCUT2D eigenvalue weighted by molar-refractivity contribution is 0.414. The zero-order valence-corrected chi connectivity index (χ0v) is 21.0. The Kier molecular flexibility index (Phi) is 4.87. The first-order chi connectivity index (χ1) is 18.1. The maximum absolute atomic E-state index is 13.5. The van der Waals surface area contributed by atoms with Crippen LogP contribution in [-0.2, 0) is 0 Å². The van der Waals surface area contributed by atoms with Crippen LogP contribution in [0.4, 0.5) is 0 Å². The van der Waals surface area contributed by atoms with Gasteiger partial charge < -0.3 is 13.9 Å². The van der Waals surface area contributed by atoms with Crippen molar-refractivity contribution in [2.75, 3.05) is 7.11 Å². The van der Waals surface area contributed by atoms with Crippen LogP contribution < -0.4 is 15.1 Å². The fraction of sp³-hybridized carbons (Fsp3) is 0.0714. The van der Waals surface area contributed by atoms with Crippen molar-refractivity contribution in [3.63, 3.8) is 0 Å². The van der Waals surface area contributed by atoms with Crippen LogP contribution in [0.2, 0.25) is 0 Å². The van der Waals surface area contributed by atoms with Gasteiger partial charge in [-0.3, -0.25) is 0 Å². The van der Waals surface area contributed by atoms with Gasteiger partial charge in [0.2, 0.25) is 5.88 Å². The molecule has 0 amide bonds. The summed E-state index contributed by atoms with van der Waals surface area (Å²) in [4.78, 5) is 22.9. The van der Waals surface area contributed by atoms with Gasteiger partial charge in [0.25, 0.3) is 0 Å². The van der Waals surface area contributed by atoms with Gasteiger partial charge in [-0.1, -0.05) is 52.3 Å². The van der Waals surface area contributed by atoms with Gasteiger partial charge in [-0.05, 0) is 42.0 Å². The van der Waals surface area contributed by atoms with Gasteiger partial charge >= 0.3 is 5.63 Å². The minimum Gasteiger partial charge on any atom is -0.497 e. The van der Waals surface area contributed by atoms with Gasteiger partial charge in [0.15, 0.2) is 17.2 Å². The van der Waals surface area contributed by atoms with Gasteiger partial charge in [0, 0.05) is 10.0 Å². The second-order valence-electron chi connectivity index (χ2n) is 8.61.